The zero-order valence-corrected chi connectivity index (χ0v) is 18.9. The highest BCUT2D eigenvalue weighted by Crippen LogP contribution is 2.45. The van der Waals surface area contributed by atoms with E-state index >= 15 is 0 Å². The second-order valence-corrected chi connectivity index (χ2v) is 8.97. The van der Waals surface area contributed by atoms with Crippen molar-refractivity contribution in [1.29, 1.82) is 0 Å². The van der Waals surface area contributed by atoms with Crippen LogP contribution in [0.1, 0.15) is 63.7 Å². The van der Waals surface area contributed by atoms with E-state index in [9.17, 15) is 9.50 Å². The first-order valence-corrected chi connectivity index (χ1v) is 10.9. The Morgan fingerprint density at radius 2 is 1.71 bits per heavy atom. The van der Waals surface area contributed by atoms with Crippen molar-refractivity contribution in [1.82, 2.24) is 0 Å². The lowest BCUT2D eigenvalue weighted by Gasteiger charge is -2.33. The Morgan fingerprint density at radius 1 is 1.06 bits per heavy atom. The molecule has 1 aliphatic rings. The SMILES string of the molecule is C=C(CC(C)=C(C)C)CC1=C(c2ccc(F)cc2)CC(=C)[C@@H]([C@H](O)c2ccccc2)C1. The monoisotopic (exact) mass is 416 g/mol. The normalized spacial score (nSPS) is 17.5. The quantitative estimate of drug-likeness (QED) is 0.454. The lowest BCUT2D eigenvalue weighted by atomic mass is 9.73. The van der Waals surface area contributed by atoms with E-state index in [1.807, 2.05) is 42.5 Å². The first kappa shape index (κ1) is 23.0. The van der Waals surface area contributed by atoms with E-state index < -0.39 is 6.10 Å². The van der Waals surface area contributed by atoms with Gasteiger partial charge in [0.05, 0.1) is 6.10 Å². The van der Waals surface area contributed by atoms with Crippen molar-refractivity contribution in [3.63, 3.8) is 0 Å². The topological polar surface area (TPSA) is 20.2 Å². The average molecular weight is 417 g/mol. The lowest BCUT2D eigenvalue weighted by Crippen LogP contribution is -2.20. The third kappa shape index (κ3) is 5.71. The van der Waals surface area contributed by atoms with Crippen molar-refractivity contribution >= 4 is 5.57 Å². The summed E-state index contributed by atoms with van der Waals surface area (Å²) in [4.78, 5) is 0. The Morgan fingerprint density at radius 3 is 2.32 bits per heavy atom. The zero-order chi connectivity index (χ0) is 22.5. The zero-order valence-electron chi connectivity index (χ0n) is 18.9. The molecule has 0 amide bonds. The highest BCUT2D eigenvalue weighted by atomic mass is 19.1. The van der Waals surface area contributed by atoms with Crippen molar-refractivity contribution in [2.24, 2.45) is 5.92 Å². The number of aliphatic hydroxyl groups is 1. The molecule has 0 bridgehead atoms. The molecule has 3 rings (SSSR count). The molecule has 0 saturated heterocycles. The third-order valence-corrected chi connectivity index (χ3v) is 6.37. The van der Waals surface area contributed by atoms with Crippen molar-refractivity contribution in [3.8, 4) is 0 Å². The van der Waals surface area contributed by atoms with E-state index in [-0.39, 0.29) is 11.7 Å². The molecule has 0 fully saturated rings. The molecule has 0 aliphatic heterocycles. The van der Waals surface area contributed by atoms with Gasteiger partial charge in [0.2, 0.25) is 0 Å². The van der Waals surface area contributed by atoms with E-state index in [4.69, 9.17) is 0 Å². The lowest BCUT2D eigenvalue weighted by molar-refractivity contribution is 0.123. The number of allylic oxidation sites excluding steroid dienone is 5. The molecule has 0 spiro atoms. The number of hydrogen-bond donors (Lipinski definition) is 1. The van der Waals surface area contributed by atoms with Crippen LogP contribution in [0.3, 0.4) is 0 Å². The molecule has 0 aromatic heterocycles. The summed E-state index contributed by atoms with van der Waals surface area (Å²) in [6.07, 6.45) is 2.47. The molecule has 0 saturated carbocycles. The number of aliphatic hydroxyl groups excluding tert-OH is 1. The predicted molar refractivity (Wildman–Crippen MR) is 129 cm³/mol. The van der Waals surface area contributed by atoms with E-state index in [1.165, 1.54) is 34.4 Å². The number of benzene rings is 2. The largest absolute Gasteiger partial charge is 0.388 e. The maximum absolute atomic E-state index is 13.5. The van der Waals surface area contributed by atoms with Gasteiger partial charge in [0.25, 0.3) is 0 Å². The second kappa shape index (κ2) is 10.1. The molecule has 0 radical (unpaired) electrons. The van der Waals surface area contributed by atoms with E-state index in [1.54, 1.807) is 0 Å². The Balaban J connectivity index is 1.94. The fraction of sp³-hybridized carbons (Fsp3) is 0.310. The highest BCUT2D eigenvalue weighted by Gasteiger charge is 2.30. The minimum atomic E-state index is -0.591. The van der Waals surface area contributed by atoms with Crippen molar-refractivity contribution in [2.45, 2.75) is 52.6 Å². The summed E-state index contributed by atoms with van der Waals surface area (Å²) in [6.45, 7) is 15.1. The maximum atomic E-state index is 13.5. The van der Waals surface area contributed by atoms with Crippen molar-refractivity contribution < 1.29 is 9.50 Å². The van der Waals surface area contributed by atoms with Gasteiger partial charge in [-0.15, -0.1) is 0 Å². The summed E-state index contributed by atoms with van der Waals surface area (Å²) in [7, 11) is 0. The number of hydrogen-bond acceptors (Lipinski definition) is 1. The van der Waals surface area contributed by atoms with E-state index in [0.29, 0.717) is 6.42 Å². The molecule has 2 atom stereocenters. The van der Waals surface area contributed by atoms with Crippen LogP contribution in [0.2, 0.25) is 0 Å². The summed E-state index contributed by atoms with van der Waals surface area (Å²) in [5.41, 5.74) is 9.25. The fourth-order valence-electron chi connectivity index (χ4n) is 4.29. The van der Waals surface area contributed by atoms with Crippen LogP contribution in [-0.2, 0) is 0 Å². The molecule has 1 aliphatic carbocycles. The molecular weight excluding hydrogens is 383 g/mol. The van der Waals surface area contributed by atoms with Crippen LogP contribution in [0.5, 0.6) is 0 Å². The van der Waals surface area contributed by atoms with E-state index in [2.05, 4.69) is 33.9 Å². The molecule has 0 unspecified atom stereocenters. The summed E-state index contributed by atoms with van der Waals surface area (Å²) in [6, 6.07) is 16.5. The van der Waals surface area contributed by atoms with Crippen LogP contribution in [-0.4, -0.2) is 5.11 Å². The Kier molecular flexibility index (Phi) is 7.46. The summed E-state index contributed by atoms with van der Waals surface area (Å²) in [5, 5.41) is 11.1. The minimum Gasteiger partial charge on any atom is -0.388 e. The van der Waals surface area contributed by atoms with Gasteiger partial charge in [0.15, 0.2) is 0 Å². The van der Waals surface area contributed by atoms with Crippen molar-refractivity contribution in [3.05, 3.63) is 113 Å². The van der Waals surface area contributed by atoms with Crippen molar-refractivity contribution in [2.75, 3.05) is 0 Å². The van der Waals surface area contributed by atoms with Gasteiger partial charge in [-0.05, 0) is 75.3 Å². The third-order valence-electron chi connectivity index (χ3n) is 6.37. The Hall–Kier alpha value is -2.71. The average Bonchev–Trinajstić information content (AvgIpc) is 2.75. The summed E-state index contributed by atoms with van der Waals surface area (Å²) < 4.78 is 13.5. The van der Waals surface area contributed by atoms with Gasteiger partial charge in [-0.2, -0.15) is 0 Å². The Labute approximate surface area is 186 Å². The van der Waals surface area contributed by atoms with Gasteiger partial charge in [-0.25, -0.2) is 4.39 Å². The number of rotatable bonds is 7. The van der Waals surface area contributed by atoms with Gasteiger partial charge in [-0.1, -0.05) is 83.5 Å². The minimum absolute atomic E-state index is 0.0426. The maximum Gasteiger partial charge on any atom is 0.123 e. The summed E-state index contributed by atoms with van der Waals surface area (Å²) >= 11 is 0. The van der Waals surface area contributed by atoms with Crippen LogP contribution in [0.4, 0.5) is 4.39 Å². The van der Waals surface area contributed by atoms with Gasteiger partial charge in [0, 0.05) is 5.92 Å². The molecule has 0 heterocycles. The van der Waals surface area contributed by atoms with Crippen LogP contribution in [0, 0.1) is 11.7 Å². The smallest absolute Gasteiger partial charge is 0.123 e. The van der Waals surface area contributed by atoms with Crippen LogP contribution in [0.15, 0.2) is 95.6 Å². The van der Waals surface area contributed by atoms with E-state index in [0.717, 1.165) is 41.5 Å². The number of halogens is 1. The standard InChI is InChI=1S/C29H33FO/c1-19(2)21(4)15-20(3)16-25-18-27(29(31)24-9-7-6-8-10-24)22(5)17-28(25)23-11-13-26(30)14-12-23/h6-14,27,29,31H,3,5,15-18H2,1-2,4H3/t27-,29+/m0/s1. The molecule has 1 N–H and O–H groups in total. The Bertz CT molecular complexity index is 1000. The molecule has 31 heavy (non-hydrogen) atoms. The molecular formula is C29H33FO. The van der Waals surface area contributed by atoms with Gasteiger partial charge in [0.1, 0.15) is 5.82 Å². The molecule has 2 aromatic rings. The molecule has 2 heteroatoms. The summed E-state index contributed by atoms with van der Waals surface area (Å²) in [5.74, 6) is -0.277. The van der Waals surface area contributed by atoms with Crippen LogP contribution < -0.4 is 0 Å². The van der Waals surface area contributed by atoms with Crippen LogP contribution in [0.25, 0.3) is 5.57 Å². The van der Waals surface area contributed by atoms with Crippen LogP contribution >= 0.6 is 0 Å². The molecule has 1 nitrogen and oxygen atoms in total. The molecule has 2 aromatic carbocycles. The second-order valence-electron chi connectivity index (χ2n) is 8.97. The van der Waals surface area contributed by atoms with Gasteiger partial charge >= 0.3 is 0 Å². The first-order chi connectivity index (χ1) is 14.8. The van der Waals surface area contributed by atoms with Gasteiger partial charge < -0.3 is 5.11 Å². The van der Waals surface area contributed by atoms with Gasteiger partial charge in [-0.3, -0.25) is 0 Å². The first-order valence-electron chi connectivity index (χ1n) is 10.9. The fourth-order valence-corrected chi connectivity index (χ4v) is 4.29. The molecule has 162 valence electrons. The highest BCUT2D eigenvalue weighted by molar-refractivity contribution is 5.72. The predicted octanol–water partition coefficient (Wildman–Crippen LogP) is 7.97.